The zero-order chi connectivity index (χ0) is 57.1. The molecule has 0 bridgehead atoms. The molecule has 0 aromatic rings. The van der Waals surface area contributed by atoms with E-state index in [0.29, 0.717) is 19.3 Å². The van der Waals surface area contributed by atoms with Crippen LogP contribution in [0, 0.1) is 0 Å². The Morgan fingerprint density at radius 1 is 0.266 bits per heavy atom. The number of carbonyl (C=O) groups excluding carboxylic acids is 3. The van der Waals surface area contributed by atoms with E-state index in [1.807, 2.05) is 0 Å². The SMILES string of the molecule is CC/C=C\C/C=C\C/C=C\CCCCCC(=O)OCC(COC(=O)CCCCCCCCCCCCCCCCCCCCCCCCCCCCCCCCCCC)OC(=O)CCCCCCCCCCCCCCCCC. The minimum absolute atomic E-state index is 0.0761. The number of allylic oxidation sites excluding steroid dienone is 6. The van der Waals surface area contributed by atoms with Crippen LogP contribution in [-0.2, 0) is 28.6 Å². The van der Waals surface area contributed by atoms with Crippen molar-refractivity contribution in [2.24, 2.45) is 0 Å². The molecule has 79 heavy (non-hydrogen) atoms. The summed E-state index contributed by atoms with van der Waals surface area (Å²) in [4.78, 5) is 38.3. The summed E-state index contributed by atoms with van der Waals surface area (Å²) in [5.74, 6) is -0.881. The van der Waals surface area contributed by atoms with E-state index in [1.165, 1.54) is 270 Å². The third-order valence-corrected chi connectivity index (χ3v) is 16.2. The molecule has 1 atom stereocenters. The minimum Gasteiger partial charge on any atom is -0.462 e. The number of esters is 3. The lowest BCUT2D eigenvalue weighted by Gasteiger charge is -2.18. The molecule has 0 saturated heterocycles. The van der Waals surface area contributed by atoms with Crippen LogP contribution in [0.1, 0.15) is 393 Å². The first-order valence-corrected chi connectivity index (χ1v) is 35.5. The highest BCUT2D eigenvalue weighted by atomic mass is 16.6. The van der Waals surface area contributed by atoms with Crippen molar-refractivity contribution in [1.82, 2.24) is 0 Å². The van der Waals surface area contributed by atoms with Crippen molar-refractivity contribution >= 4 is 17.9 Å². The Morgan fingerprint density at radius 2 is 0.494 bits per heavy atom. The van der Waals surface area contributed by atoms with Gasteiger partial charge in [-0.15, -0.1) is 0 Å². The molecule has 0 aliphatic carbocycles. The third kappa shape index (κ3) is 66.3. The zero-order valence-electron chi connectivity index (χ0n) is 53.4. The summed E-state index contributed by atoms with van der Waals surface area (Å²) in [5, 5.41) is 0. The largest absolute Gasteiger partial charge is 0.462 e. The van der Waals surface area contributed by atoms with Crippen LogP contribution in [0.5, 0.6) is 0 Å². The molecule has 0 aliphatic rings. The molecule has 0 heterocycles. The van der Waals surface area contributed by atoms with Gasteiger partial charge in [-0.3, -0.25) is 14.4 Å². The number of ether oxygens (including phenoxy) is 3. The van der Waals surface area contributed by atoms with Gasteiger partial charge < -0.3 is 14.2 Å². The monoisotopic (exact) mass is 1110 g/mol. The summed E-state index contributed by atoms with van der Waals surface area (Å²) < 4.78 is 16.9. The maximum atomic E-state index is 12.9. The van der Waals surface area contributed by atoms with E-state index in [4.69, 9.17) is 14.2 Å². The quantitative estimate of drug-likeness (QED) is 0.0261. The molecule has 0 radical (unpaired) electrons. The van der Waals surface area contributed by atoms with Gasteiger partial charge in [0, 0.05) is 19.3 Å². The van der Waals surface area contributed by atoms with Crippen molar-refractivity contribution < 1.29 is 28.6 Å². The topological polar surface area (TPSA) is 78.9 Å². The Hall–Kier alpha value is -2.37. The molecule has 0 spiro atoms. The first-order chi connectivity index (χ1) is 39.0. The van der Waals surface area contributed by atoms with Crippen molar-refractivity contribution in [2.45, 2.75) is 399 Å². The van der Waals surface area contributed by atoms with Crippen LogP contribution in [0.4, 0.5) is 0 Å². The highest BCUT2D eigenvalue weighted by molar-refractivity contribution is 5.71. The van der Waals surface area contributed by atoms with E-state index in [-0.39, 0.29) is 31.1 Å². The second kappa shape index (κ2) is 68.1. The van der Waals surface area contributed by atoms with Crippen LogP contribution >= 0.6 is 0 Å². The number of carbonyl (C=O) groups is 3. The van der Waals surface area contributed by atoms with Gasteiger partial charge in [0.05, 0.1) is 0 Å². The van der Waals surface area contributed by atoms with Gasteiger partial charge in [0.25, 0.3) is 0 Å². The summed E-state index contributed by atoms with van der Waals surface area (Å²) in [6.45, 7) is 6.57. The van der Waals surface area contributed by atoms with E-state index in [1.54, 1.807) is 0 Å². The van der Waals surface area contributed by atoms with Crippen LogP contribution in [0.3, 0.4) is 0 Å². The Kier molecular flexibility index (Phi) is 66.1. The molecular weight excluding hydrogens is 973 g/mol. The van der Waals surface area contributed by atoms with Crippen molar-refractivity contribution in [3.05, 3.63) is 36.5 Å². The first kappa shape index (κ1) is 76.6. The van der Waals surface area contributed by atoms with Gasteiger partial charge in [-0.25, -0.2) is 0 Å². The zero-order valence-corrected chi connectivity index (χ0v) is 53.4. The van der Waals surface area contributed by atoms with Crippen molar-refractivity contribution in [3.63, 3.8) is 0 Å². The lowest BCUT2D eigenvalue weighted by Crippen LogP contribution is -2.30. The molecule has 464 valence electrons. The molecule has 0 aromatic carbocycles. The Bertz CT molecular complexity index is 1320. The Morgan fingerprint density at radius 3 is 0.772 bits per heavy atom. The van der Waals surface area contributed by atoms with E-state index in [0.717, 1.165) is 83.5 Å². The van der Waals surface area contributed by atoms with Crippen LogP contribution in [0.2, 0.25) is 0 Å². The molecule has 0 saturated carbocycles. The van der Waals surface area contributed by atoms with Crippen LogP contribution in [-0.4, -0.2) is 37.2 Å². The molecule has 0 aromatic heterocycles. The fraction of sp³-hybridized carbons (Fsp3) is 0.877. The third-order valence-electron chi connectivity index (χ3n) is 16.2. The molecule has 0 aliphatic heterocycles. The first-order valence-electron chi connectivity index (χ1n) is 35.5. The second-order valence-electron chi connectivity index (χ2n) is 24.1. The van der Waals surface area contributed by atoms with Crippen LogP contribution in [0.15, 0.2) is 36.5 Å². The van der Waals surface area contributed by atoms with Gasteiger partial charge in [-0.1, -0.05) is 359 Å². The number of hydrogen-bond donors (Lipinski definition) is 0. The average Bonchev–Trinajstić information content (AvgIpc) is 3.45. The van der Waals surface area contributed by atoms with Gasteiger partial charge >= 0.3 is 17.9 Å². The average molecular weight is 1110 g/mol. The summed E-state index contributed by atoms with van der Waals surface area (Å²) >= 11 is 0. The number of hydrogen-bond acceptors (Lipinski definition) is 6. The standard InChI is InChI=1S/C73H136O6/c1-4-7-10-13-16-19-22-25-27-28-29-30-31-32-33-34-35-36-37-38-39-40-41-42-43-44-46-48-51-54-57-60-63-66-72(75)78-69-70(68-77-71(74)65-62-59-56-53-50-47-24-21-18-15-12-9-6-3)79-73(76)67-64-61-58-55-52-49-45-26-23-20-17-14-11-8-5-2/h9,12,18,21,47,50,70H,4-8,10-11,13-17,19-20,22-46,48-49,51-69H2,1-3H3/b12-9-,21-18-,50-47-. The number of unbranched alkanes of at least 4 members (excludes halogenated alkanes) is 49. The minimum atomic E-state index is -0.781. The van der Waals surface area contributed by atoms with Crippen molar-refractivity contribution in [2.75, 3.05) is 13.2 Å². The molecule has 1 unspecified atom stereocenters. The van der Waals surface area contributed by atoms with E-state index in [2.05, 4.69) is 57.2 Å². The molecule has 0 rings (SSSR count). The fourth-order valence-corrected chi connectivity index (χ4v) is 10.9. The predicted molar refractivity (Wildman–Crippen MR) is 344 cm³/mol. The second-order valence-corrected chi connectivity index (χ2v) is 24.1. The Balaban J connectivity index is 4.07. The van der Waals surface area contributed by atoms with E-state index >= 15 is 0 Å². The van der Waals surface area contributed by atoms with Crippen molar-refractivity contribution in [1.29, 1.82) is 0 Å². The lowest BCUT2D eigenvalue weighted by atomic mass is 10.0. The summed E-state index contributed by atoms with van der Waals surface area (Å²) in [6, 6.07) is 0. The van der Waals surface area contributed by atoms with Gasteiger partial charge in [-0.2, -0.15) is 0 Å². The molecular formula is C73H136O6. The lowest BCUT2D eigenvalue weighted by molar-refractivity contribution is -0.167. The van der Waals surface area contributed by atoms with E-state index < -0.39 is 6.10 Å². The highest BCUT2D eigenvalue weighted by Gasteiger charge is 2.19. The maximum Gasteiger partial charge on any atom is 0.306 e. The highest BCUT2D eigenvalue weighted by Crippen LogP contribution is 2.19. The fourth-order valence-electron chi connectivity index (χ4n) is 10.9. The van der Waals surface area contributed by atoms with Crippen LogP contribution in [0.25, 0.3) is 0 Å². The normalized spacial score (nSPS) is 12.2. The van der Waals surface area contributed by atoms with Gasteiger partial charge in [0.2, 0.25) is 0 Å². The molecule has 0 N–H and O–H groups in total. The maximum absolute atomic E-state index is 12.9. The smallest absolute Gasteiger partial charge is 0.306 e. The van der Waals surface area contributed by atoms with Gasteiger partial charge in [0.1, 0.15) is 13.2 Å². The van der Waals surface area contributed by atoms with Crippen LogP contribution < -0.4 is 0 Å². The van der Waals surface area contributed by atoms with Gasteiger partial charge in [-0.05, 0) is 51.4 Å². The summed E-state index contributed by atoms with van der Waals surface area (Å²) in [5.41, 5.74) is 0. The molecule has 0 amide bonds. The summed E-state index contributed by atoms with van der Waals surface area (Å²) in [7, 11) is 0. The predicted octanol–water partition coefficient (Wildman–Crippen LogP) is 24.3. The molecule has 6 heteroatoms. The summed E-state index contributed by atoms with van der Waals surface area (Å²) in [6.07, 6.45) is 84.9. The number of rotatable bonds is 66. The molecule has 6 nitrogen and oxygen atoms in total. The Labute approximate surface area is 493 Å². The van der Waals surface area contributed by atoms with E-state index in [9.17, 15) is 14.4 Å². The molecule has 0 fully saturated rings. The van der Waals surface area contributed by atoms with Gasteiger partial charge in [0.15, 0.2) is 6.10 Å². The van der Waals surface area contributed by atoms with Crippen molar-refractivity contribution in [3.8, 4) is 0 Å².